The van der Waals surface area contributed by atoms with Crippen molar-refractivity contribution in [1.82, 2.24) is 0 Å². The molecule has 0 atom stereocenters. The average Bonchev–Trinajstić information content (AvgIpc) is 3.00. The van der Waals surface area contributed by atoms with Gasteiger partial charge in [-0.2, -0.15) is 0 Å². The number of carbonyl (C=O) groups excluding carboxylic acids is 1. The number of esters is 1. The molecule has 0 bridgehead atoms. The number of aliphatic carboxylic acids is 1. The van der Waals surface area contributed by atoms with Crippen molar-refractivity contribution >= 4 is 11.9 Å². The summed E-state index contributed by atoms with van der Waals surface area (Å²) in [6.07, 6.45) is 2.79. The highest BCUT2D eigenvalue weighted by molar-refractivity contribution is 5.98. The predicted octanol–water partition coefficient (Wildman–Crippen LogP) is 2.73. The second-order valence-electron chi connectivity index (χ2n) is 5.52. The van der Waals surface area contributed by atoms with Crippen molar-refractivity contribution in [3.05, 3.63) is 33.9 Å². The van der Waals surface area contributed by atoms with Gasteiger partial charge in [0.2, 0.25) is 0 Å². The highest BCUT2D eigenvalue weighted by Crippen LogP contribution is 2.41. The Bertz CT molecular complexity index is 727. The number of rotatable bonds is 7. The van der Waals surface area contributed by atoms with E-state index in [1.54, 1.807) is 0 Å². The summed E-state index contributed by atoms with van der Waals surface area (Å²) < 4.78 is 24.4. The maximum absolute atomic E-state index is 12.0. The van der Waals surface area contributed by atoms with Crippen LogP contribution < -0.4 is 4.74 Å². The van der Waals surface area contributed by atoms with Gasteiger partial charge in [0.15, 0.2) is 0 Å². The molecule has 6 nitrogen and oxygen atoms in total. The van der Waals surface area contributed by atoms with E-state index in [9.17, 15) is 9.59 Å². The molecule has 6 heteroatoms. The summed E-state index contributed by atoms with van der Waals surface area (Å²) in [6.45, 7) is 3.81. The summed E-state index contributed by atoms with van der Waals surface area (Å²) in [5, 5.41) is 8.63. The lowest BCUT2D eigenvalue weighted by molar-refractivity contribution is -0.136. The van der Waals surface area contributed by atoms with Gasteiger partial charge in [0, 0.05) is 17.5 Å². The van der Waals surface area contributed by atoms with Gasteiger partial charge in [-0.05, 0) is 32.3 Å². The third kappa shape index (κ3) is 3.31. The Hall–Kier alpha value is -2.50. The molecule has 0 spiro atoms. The third-order valence-electron chi connectivity index (χ3n) is 4.00. The number of phenolic OH excluding ortho intramolecular Hbond substituents is 1. The first-order chi connectivity index (χ1) is 11.9. The van der Waals surface area contributed by atoms with E-state index in [1.165, 1.54) is 7.11 Å². The number of carboxylic acids is 1. The van der Waals surface area contributed by atoms with E-state index in [2.05, 4.69) is 5.11 Å². The molecule has 0 aliphatic carbocycles. The van der Waals surface area contributed by atoms with Crippen molar-refractivity contribution in [1.29, 1.82) is 2.86 Å². The minimum atomic E-state index is -0.600. The molecule has 1 heterocycles. The zero-order valence-electron chi connectivity index (χ0n) is 15.4. The van der Waals surface area contributed by atoms with Crippen LogP contribution in [0, 0.1) is 6.92 Å². The van der Waals surface area contributed by atoms with E-state index in [0.29, 0.717) is 29.7 Å². The molecule has 1 aromatic rings. The second kappa shape index (κ2) is 6.73. The average molecular weight is 322 g/mol. The number of phenols is 1. The molecule has 2 rings (SSSR count). The van der Waals surface area contributed by atoms with Crippen molar-refractivity contribution in [3.63, 3.8) is 0 Å². The SMILES string of the molecule is [2H]OC(=O)CCC(C)=CCc1c(OC)c(C)c2c(c1O[2H])C(=O)OC2. The van der Waals surface area contributed by atoms with E-state index in [1.807, 2.05) is 19.9 Å². The fourth-order valence-electron chi connectivity index (χ4n) is 2.69. The van der Waals surface area contributed by atoms with E-state index in [0.717, 1.165) is 11.1 Å². The monoisotopic (exact) mass is 322 g/mol. The number of ether oxygens (including phenoxy) is 2. The summed E-state index contributed by atoms with van der Waals surface area (Å²) in [5.74, 6) is -0.428. The van der Waals surface area contributed by atoms with Crippen LogP contribution >= 0.6 is 0 Å². The summed E-state index contributed by atoms with van der Waals surface area (Å²) in [7, 11) is 1.52. The molecule has 1 aliphatic heterocycles. The molecular weight excluding hydrogens is 300 g/mol. The van der Waals surface area contributed by atoms with Crippen LogP contribution in [-0.2, 0) is 22.6 Å². The minimum Gasteiger partial charge on any atom is -0.507 e. The molecule has 0 saturated heterocycles. The van der Waals surface area contributed by atoms with E-state index in [-0.39, 0.29) is 24.3 Å². The second-order valence-corrected chi connectivity index (χ2v) is 5.52. The number of carbonyl (C=O) groups is 2. The molecule has 0 saturated carbocycles. The van der Waals surface area contributed by atoms with Crippen LogP contribution in [-0.4, -0.2) is 30.7 Å². The molecule has 0 unspecified atom stereocenters. The van der Waals surface area contributed by atoms with Crippen LogP contribution in [0.1, 0.15) is 46.8 Å². The third-order valence-corrected chi connectivity index (χ3v) is 4.00. The number of carboxylic acid groups (broad SMARTS) is 1. The summed E-state index contributed by atoms with van der Waals surface area (Å²) >= 11 is 0. The standard InChI is InChI=1S/C17H20O6/c1-9(5-7-13(18)19)4-6-11-15(20)14-12(8-23-17(14)21)10(2)16(11)22-3/h4,20H,5-8H2,1-3H3,(H,18,19)/i/hD2. The normalized spacial score (nSPS) is 14.6. The number of hydrogen-bond donors (Lipinski definition) is 2. The molecule has 1 aromatic carbocycles. The fourth-order valence-corrected chi connectivity index (χ4v) is 2.69. The number of benzene rings is 1. The quantitative estimate of drug-likeness (QED) is 0.592. The van der Waals surface area contributed by atoms with Crippen LogP contribution in [0.15, 0.2) is 11.6 Å². The highest BCUT2D eigenvalue weighted by atomic mass is 16.5. The topological polar surface area (TPSA) is 93.1 Å². The van der Waals surface area contributed by atoms with Crippen LogP contribution in [0.3, 0.4) is 0 Å². The van der Waals surface area contributed by atoms with Gasteiger partial charge in [-0.25, -0.2) is 4.79 Å². The van der Waals surface area contributed by atoms with Crippen LogP contribution in [0.25, 0.3) is 1.43 Å². The van der Waals surface area contributed by atoms with Crippen LogP contribution in [0.2, 0.25) is 0 Å². The van der Waals surface area contributed by atoms with Crippen molar-refractivity contribution < 1.29 is 29.3 Å². The van der Waals surface area contributed by atoms with E-state index < -0.39 is 11.9 Å². The Morgan fingerprint density at radius 2 is 2.26 bits per heavy atom. The lowest BCUT2D eigenvalue weighted by atomic mass is 9.94. The minimum absolute atomic E-state index is 0.111. The van der Waals surface area contributed by atoms with Gasteiger partial charge in [-0.15, -0.1) is 0 Å². The largest absolute Gasteiger partial charge is 0.507 e. The summed E-state index contributed by atoms with van der Waals surface area (Å²) in [6, 6.07) is 0. The van der Waals surface area contributed by atoms with Crippen molar-refractivity contribution in [3.8, 4) is 11.5 Å². The van der Waals surface area contributed by atoms with Crippen molar-refractivity contribution in [2.24, 2.45) is 0 Å². The van der Waals surface area contributed by atoms with Gasteiger partial charge in [0.05, 0.1) is 7.11 Å². The van der Waals surface area contributed by atoms with E-state index >= 15 is 0 Å². The number of methoxy groups -OCH3 is 1. The number of aromatic hydroxyl groups is 1. The fraction of sp³-hybridized carbons (Fsp3) is 0.412. The van der Waals surface area contributed by atoms with Gasteiger partial charge >= 0.3 is 11.9 Å². The molecule has 23 heavy (non-hydrogen) atoms. The Balaban J connectivity index is 2.37. The summed E-state index contributed by atoms with van der Waals surface area (Å²) in [5.41, 5.74) is 3.21. The number of cyclic esters (lactones) is 1. The molecular formula is C17H20O6. The van der Waals surface area contributed by atoms with Gasteiger partial charge in [0.25, 0.3) is 2.86 Å². The molecule has 2 N–H and O–H groups in total. The van der Waals surface area contributed by atoms with Gasteiger partial charge in [-0.1, -0.05) is 11.6 Å². The highest BCUT2D eigenvalue weighted by Gasteiger charge is 2.31. The Labute approximate surface area is 137 Å². The van der Waals surface area contributed by atoms with Gasteiger partial charge < -0.3 is 19.7 Å². The maximum Gasteiger partial charge on any atom is 0.342 e. The molecule has 124 valence electrons. The Morgan fingerprint density at radius 1 is 1.48 bits per heavy atom. The van der Waals surface area contributed by atoms with Gasteiger partial charge in [-0.3, -0.25) is 4.79 Å². The van der Waals surface area contributed by atoms with Crippen LogP contribution in [0.5, 0.6) is 11.5 Å². The van der Waals surface area contributed by atoms with Crippen molar-refractivity contribution in [2.45, 2.75) is 39.7 Å². The lowest BCUT2D eigenvalue weighted by Crippen LogP contribution is -2.03. The van der Waals surface area contributed by atoms with Crippen LogP contribution in [0.4, 0.5) is 0 Å². The lowest BCUT2D eigenvalue weighted by Gasteiger charge is -2.15. The van der Waals surface area contributed by atoms with Crippen molar-refractivity contribution in [2.75, 3.05) is 7.11 Å². The Kier molecular flexibility index (Phi) is 4.13. The summed E-state index contributed by atoms with van der Waals surface area (Å²) in [4.78, 5) is 23.0. The first-order valence-corrected chi connectivity index (χ1v) is 7.28. The molecule has 0 aromatic heterocycles. The zero-order chi connectivity index (χ0) is 18.6. The molecule has 0 radical (unpaired) electrons. The zero-order valence-corrected chi connectivity index (χ0v) is 13.4. The van der Waals surface area contributed by atoms with Gasteiger partial charge in [0.1, 0.15) is 23.7 Å². The first kappa shape index (κ1) is 14.1. The van der Waals surface area contributed by atoms with E-state index in [4.69, 9.17) is 17.4 Å². The molecule has 1 aliphatic rings. The predicted molar refractivity (Wildman–Crippen MR) is 82.8 cm³/mol. The number of fused-ring (bicyclic) bond motifs is 1. The molecule has 0 amide bonds. The Morgan fingerprint density at radius 3 is 2.91 bits per heavy atom. The first-order valence-electron chi connectivity index (χ1n) is 8.10. The number of hydrogen-bond acceptors (Lipinski definition) is 6. The number of allylic oxidation sites excluding steroid dienone is 2. The smallest absolute Gasteiger partial charge is 0.342 e. The maximum atomic E-state index is 12.0. The molecule has 0 fully saturated rings.